The number of amides is 1. The number of aryl methyl sites for hydroxylation is 1. The van der Waals surface area contributed by atoms with E-state index in [1.54, 1.807) is 4.68 Å². The average Bonchev–Trinajstić information content (AvgIpc) is 3.06. The first-order valence-electron chi connectivity index (χ1n) is 10.4. The molecule has 0 bridgehead atoms. The molecular weight excluding hydrogens is 408 g/mol. The Morgan fingerprint density at radius 2 is 2.07 bits per heavy atom. The number of nitrogens with zero attached hydrogens (tertiary/aromatic N) is 4. The fourth-order valence-electron chi connectivity index (χ4n) is 3.72. The van der Waals surface area contributed by atoms with Crippen molar-refractivity contribution >= 4 is 29.7 Å². The highest BCUT2D eigenvalue weighted by molar-refractivity contribution is 7.71. The molecule has 0 radical (unpaired) electrons. The normalized spacial score (nSPS) is 16.9. The van der Waals surface area contributed by atoms with Crippen LogP contribution in [0.1, 0.15) is 39.0 Å². The Balaban J connectivity index is 1.76. The fourth-order valence-corrected chi connectivity index (χ4v) is 4.15. The van der Waals surface area contributed by atoms with Gasteiger partial charge in [-0.3, -0.25) is 9.36 Å². The van der Waals surface area contributed by atoms with Gasteiger partial charge in [0.1, 0.15) is 0 Å². The number of carbonyl (C=O) groups is 1. The first kappa shape index (κ1) is 22.0. The molecule has 1 amide bonds. The summed E-state index contributed by atoms with van der Waals surface area (Å²) in [6.45, 7) is 4.95. The molecule has 1 saturated heterocycles. The smallest absolute Gasteiger partial charge is 0.224 e. The van der Waals surface area contributed by atoms with Gasteiger partial charge in [-0.05, 0) is 61.7 Å². The number of piperidine rings is 1. The molecule has 1 aromatic carbocycles. The standard InChI is InChI=1S/C21H29ClN4O2S/c1-2-3-12-25-20(17-6-8-18(22)9-7-17)23-26(21(25)29)13-10-19(28)24-11-4-5-16(14-24)15-27/h6-9,16,27H,2-5,10-15H2,1H3. The lowest BCUT2D eigenvalue weighted by molar-refractivity contribution is -0.133. The van der Waals surface area contributed by atoms with Crippen molar-refractivity contribution in [1.82, 2.24) is 19.2 Å². The first-order chi connectivity index (χ1) is 14.0. The summed E-state index contributed by atoms with van der Waals surface area (Å²) in [5.41, 5.74) is 0.962. The monoisotopic (exact) mass is 436 g/mol. The van der Waals surface area contributed by atoms with Gasteiger partial charge in [0, 0.05) is 43.2 Å². The van der Waals surface area contributed by atoms with Crippen LogP contribution in [0.3, 0.4) is 0 Å². The third-order valence-electron chi connectivity index (χ3n) is 5.43. The number of unbranched alkanes of at least 4 members (excludes halogenated alkanes) is 1. The molecule has 158 valence electrons. The Hall–Kier alpha value is -1.70. The highest BCUT2D eigenvalue weighted by Gasteiger charge is 2.23. The lowest BCUT2D eigenvalue weighted by Gasteiger charge is -2.31. The van der Waals surface area contributed by atoms with Crippen LogP contribution in [0.2, 0.25) is 5.02 Å². The largest absolute Gasteiger partial charge is 0.396 e. The summed E-state index contributed by atoms with van der Waals surface area (Å²) in [5.74, 6) is 1.10. The number of aliphatic hydroxyl groups is 1. The number of aliphatic hydroxyl groups excluding tert-OH is 1. The fraction of sp³-hybridized carbons (Fsp3) is 0.571. The summed E-state index contributed by atoms with van der Waals surface area (Å²) in [7, 11) is 0. The average molecular weight is 437 g/mol. The summed E-state index contributed by atoms with van der Waals surface area (Å²) in [6, 6.07) is 7.58. The quantitative estimate of drug-likeness (QED) is 0.631. The third-order valence-corrected chi connectivity index (χ3v) is 6.11. The second-order valence-corrected chi connectivity index (χ2v) is 8.42. The van der Waals surface area contributed by atoms with E-state index in [0.29, 0.717) is 29.3 Å². The maximum atomic E-state index is 12.7. The van der Waals surface area contributed by atoms with Gasteiger partial charge in [0.05, 0.1) is 6.54 Å². The molecule has 1 N–H and O–H groups in total. The lowest BCUT2D eigenvalue weighted by Crippen LogP contribution is -2.41. The van der Waals surface area contributed by atoms with Gasteiger partial charge in [-0.1, -0.05) is 24.9 Å². The Bertz CT molecular complexity index is 878. The van der Waals surface area contributed by atoms with Crippen LogP contribution in [0.4, 0.5) is 0 Å². The van der Waals surface area contributed by atoms with Crippen LogP contribution in [0.25, 0.3) is 11.4 Å². The van der Waals surface area contributed by atoms with Crippen LogP contribution < -0.4 is 0 Å². The topological polar surface area (TPSA) is 63.3 Å². The highest BCUT2D eigenvalue weighted by atomic mass is 35.5. The molecule has 0 saturated carbocycles. The van der Waals surface area contributed by atoms with Gasteiger partial charge in [0.15, 0.2) is 10.6 Å². The molecular formula is C21H29ClN4O2S. The zero-order valence-electron chi connectivity index (χ0n) is 16.9. The van der Waals surface area contributed by atoms with E-state index in [1.165, 1.54) is 0 Å². The molecule has 1 aliphatic rings. The first-order valence-corrected chi connectivity index (χ1v) is 11.1. The van der Waals surface area contributed by atoms with Crippen LogP contribution in [0.15, 0.2) is 24.3 Å². The molecule has 0 aliphatic carbocycles. The molecule has 3 rings (SSSR count). The highest BCUT2D eigenvalue weighted by Crippen LogP contribution is 2.22. The van der Waals surface area contributed by atoms with Crippen LogP contribution in [-0.2, 0) is 17.9 Å². The van der Waals surface area contributed by atoms with Crippen molar-refractivity contribution in [1.29, 1.82) is 0 Å². The van der Waals surface area contributed by atoms with E-state index in [4.69, 9.17) is 28.9 Å². The maximum absolute atomic E-state index is 12.7. The molecule has 6 nitrogen and oxygen atoms in total. The van der Waals surface area contributed by atoms with Crippen molar-refractivity contribution in [2.75, 3.05) is 19.7 Å². The Morgan fingerprint density at radius 3 is 2.76 bits per heavy atom. The number of halogens is 1. The summed E-state index contributed by atoms with van der Waals surface area (Å²) >= 11 is 11.7. The zero-order chi connectivity index (χ0) is 20.8. The van der Waals surface area contributed by atoms with Gasteiger partial charge in [-0.2, -0.15) is 5.10 Å². The second-order valence-electron chi connectivity index (χ2n) is 7.62. The third kappa shape index (κ3) is 5.47. The minimum Gasteiger partial charge on any atom is -0.396 e. The van der Waals surface area contributed by atoms with Crippen molar-refractivity contribution < 1.29 is 9.90 Å². The minimum atomic E-state index is 0.0983. The maximum Gasteiger partial charge on any atom is 0.224 e. The van der Waals surface area contributed by atoms with E-state index in [2.05, 4.69) is 11.5 Å². The van der Waals surface area contributed by atoms with Crippen molar-refractivity contribution in [2.24, 2.45) is 5.92 Å². The molecule has 1 aromatic heterocycles. The van der Waals surface area contributed by atoms with E-state index in [9.17, 15) is 9.90 Å². The number of likely N-dealkylation sites (tertiary alicyclic amines) is 1. The molecule has 2 heterocycles. The van der Waals surface area contributed by atoms with Crippen molar-refractivity contribution in [3.8, 4) is 11.4 Å². The number of hydrogen-bond donors (Lipinski definition) is 1. The zero-order valence-corrected chi connectivity index (χ0v) is 18.5. The minimum absolute atomic E-state index is 0.0983. The van der Waals surface area contributed by atoms with Crippen molar-refractivity contribution in [3.05, 3.63) is 34.1 Å². The van der Waals surface area contributed by atoms with Gasteiger partial charge in [-0.15, -0.1) is 0 Å². The van der Waals surface area contributed by atoms with Crippen LogP contribution in [0, 0.1) is 10.7 Å². The molecule has 8 heteroatoms. The van der Waals surface area contributed by atoms with E-state index in [0.717, 1.165) is 50.2 Å². The van der Waals surface area contributed by atoms with E-state index in [-0.39, 0.29) is 18.4 Å². The molecule has 29 heavy (non-hydrogen) atoms. The van der Waals surface area contributed by atoms with Gasteiger partial charge in [0.2, 0.25) is 5.91 Å². The Labute approximate surface area is 182 Å². The number of rotatable bonds is 8. The van der Waals surface area contributed by atoms with Crippen LogP contribution >= 0.6 is 23.8 Å². The summed E-state index contributed by atoms with van der Waals surface area (Å²) in [4.78, 5) is 14.5. The SMILES string of the molecule is CCCCn1c(-c2ccc(Cl)cc2)nn(CCC(=O)N2CCCC(CO)C2)c1=S. The van der Waals surface area contributed by atoms with E-state index < -0.39 is 0 Å². The molecule has 1 unspecified atom stereocenters. The molecule has 1 fully saturated rings. The Kier molecular flexibility index (Phi) is 7.86. The van der Waals surface area contributed by atoms with Crippen molar-refractivity contribution in [2.45, 2.75) is 52.1 Å². The summed E-state index contributed by atoms with van der Waals surface area (Å²) in [5, 5.41) is 14.8. The molecule has 1 atom stereocenters. The number of aromatic nitrogens is 3. The Morgan fingerprint density at radius 1 is 1.31 bits per heavy atom. The second kappa shape index (κ2) is 10.4. The predicted octanol–water partition coefficient (Wildman–Crippen LogP) is 4.16. The van der Waals surface area contributed by atoms with Gasteiger partial charge in [0.25, 0.3) is 0 Å². The molecule has 0 spiro atoms. The summed E-state index contributed by atoms with van der Waals surface area (Å²) < 4.78 is 4.46. The van der Waals surface area contributed by atoms with E-state index >= 15 is 0 Å². The van der Waals surface area contributed by atoms with Gasteiger partial charge in [-0.25, -0.2) is 4.68 Å². The predicted molar refractivity (Wildman–Crippen MR) is 117 cm³/mol. The lowest BCUT2D eigenvalue weighted by atomic mass is 9.99. The van der Waals surface area contributed by atoms with E-state index in [1.807, 2.05) is 29.2 Å². The molecule has 2 aromatic rings. The summed E-state index contributed by atoms with van der Waals surface area (Å²) in [6.07, 6.45) is 4.36. The van der Waals surface area contributed by atoms with Gasteiger partial charge >= 0.3 is 0 Å². The number of carbonyl (C=O) groups excluding carboxylic acids is 1. The number of benzene rings is 1. The van der Waals surface area contributed by atoms with Crippen molar-refractivity contribution in [3.63, 3.8) is 0 Å². The number of hydrogen-bond acceptors (Lipinski definition) is 4. The van der Waals surface area contributed by atoms with Gasteiger partial charge < -0.3 is 10.0 Å². The molecule has 1 aliphatic heterocycles. The van der Waals surface area contributed by atoms with Crippen LogP contribution in [0.5, 0.6) is 0 Å². The van der Waals surface area contributed by atoms with Crippen LogP contribution in [-0.4, -0.2) is 50.0 Å².